The van der Waals surface area contributed by atoms with Crippen LogP contribution < -0.4 is 0 Å². The smallest absolute Gasteiger partial charge is 0.243 e. The molecule has 1 heterocycles. The summed E-state index contributed by atoms with van der Waals surface area (Å²) in [4.78, 5) is 12.1. The molecule has 1 aliphatic heterocycles. The standard InChI is InChI=1S/C21H26N2O5S2/c1-16-4-8-20(9-5-16)29(25,26)22-12-13-23(19(15-22)14-18(3)24)30(27,28)21-10-6-17(2)7-11-21/h4-11,19H,12-15H2,1-3H3. The van der Waals surface area contributed by atoms with Gasteiger partial charge in [-0.3, -0.25) is 4.79 Å². The molecular weight excluding hydrogens is 424 g/mol. The highest BCUT2D eigenvalue weighted by molar-refractivity contribution is 7.89. The fourth-order valence-electron chi connectivity index (χ4n) is 3.55. The highest BCUT2D eigenvalue weighted by Crippen LogP contribution is 2.27. The summed E-state index contributed by atoms with van der Waals surface area (Å²) in [6, 6.07) is 12.3. The van der Waals surface area contributed by atoms with E-state index in [0.717, 1.165) is 11.1 Å². The van der Waals surface area contributed by atoms with Gasteiger partial charge >= 0.3 is 0 Å². The number of nitrogens with zero attached hydrogens (tertiary/aromatic N) is 2. The van der Waals surface area contributed by atoms with Crippen molar-refractivity contribution in [2.24, 2.45) is 0 Å². The van der Waals surface area contributed by atoms with Crippen LogP contribution in [0, 0.1) is 13.8 Å². The number of piperazine rings is 1. The first-order valence-corrected chi connectivity index (χ1v) is 12.5. The van der Waals surface area contributed by atoms with E-state index >= 15 is 0 Å². The first-order chi connectivity index (χ1) is 14.0. The maximum atomic E-state index is 13.2. The molecule has 0 radical (unpaired) electrons. The lowest BCUT2D eigenvalue weighted by molar-refractivity contribution is -0.118. The molecule has 0 saturated carbocycles. The average Bonchev–Trinajstić information content (AvgIpc) is 2.68. The number of ketones is 1. The number of Topliss-reactive ketones (excluding diaryl/α,β-unsaturated/α-hetero) is 1. The third-order valence-electron chi connectivity index (χ3n) is 5.20. The van der Waals surface area contributed by atoms with Crippen molar-refractivity contribution >= 4 is 25.8 Å². The van der Waals surface area contributed by atoms with Crippen molar-refractivity contribution in [3.05, 3.63) is 59.7 Å². The third kappa shape index (κ3) is 4.64. The molecule has 0 N–H and O–H groups in total. The van der Waals surface area contributed by atoms with Gasteiger partial charge in [0.25, 0.3) is 0 Å². The summed E-state index contributed by atoms with van der Waals surface area (Å²) in [6.45, 7) is 5.05. The first kappa shape index (κ1) is 22.6. The fourth-order valence-corrected chi connectivity index (χ4v) is 6.62. The number of aryl methyl sites for hydroxylation is 2. The van der Waals surface area contributed by atoms with Crippen LogP contribution in [0.25, 0.3) is 0 Å². The van der Waals surface area contributed by atoms with Crippen molar-refractivity contribution in [2.75, 3.05) is 19.6 Å². The van der Waals surface area contributed by atoms with E-state index in [2.05, 4.69) is 0 Å². The van der Waals surface area contributed by atoms with Crippen LogP contribution >= 0.6 is 0 Å². The number of hydrogen-bond donors (Lipinski definition) is 0. The van der Waals surface area contributed by atoms with Gasteiger partial charge in [-0.25, -0.2) is 16.8 Å². The number of benzene rings is 2. The van der Waals surface area contributed by atoms with E-state index < -0.39 is 26.1 Å². The second kappa shape index (κ2) is 8.58. The molecule has 1 aliphatic rings. The second-order valence-electron chi connectivity index (χ2n) is 7.66. The monoisotopic (exact) mass is 450 g/mol. The number of sulfonamides is 2. The number of carbonyl (C=O) groups excluding carboxylic acids is 1. The normalized spacial score (nSPS) is 19.0. The minimum absolute atomic E-state index is 0.0146. The molecule has 7 nitrogen and oxygen atoms in total. The van der Waals surface area contributed by atoms with Gasteiger partial charge in [0.15, 0.2) is 0 Å². The molecule has 0 aliphatic carbocycles. The molecule has 2 aromatic carbocycles. The van der Waals surface area contributed by atoms with Gasteiger partial charge in [-0.05, 0) is 45.0 Å². The lowest BCUT2D eigenvalue weighted by Gasteiger charge is -2.39. The summed E-state index contributed by atoms with van der Waals surface area (Å²) < 4.78 is 55.1. The summed E-state index contributed by atoms with van der Waals surface area (Å²) >= 11 is 0. The molecule has 1 fully saturated rings. The molecule has 30 heavy (non-hydrogen) atoms. The molecule has 0 aromatic heterocycles. The van der Waals surface area contributed by atoms with E-state index in [9.17, 15) is 21.6 Å². The van der Waals surface area contributed by atoms with Crippen molar-refractivity contribution in [2.45, 2.75) is 43.0 Å². The molecule has 0 bridgehead atoms. The van der Waals surface area contributed by atoms with E-state index in [0.29, 0.717) is 0 Å². The Hall–Kier alpha value is -2.07. The van der Waals surface area contributed by atoms with E-state index in [1.165, 1.54) is 27.7 Å². The van der Waals surface area contributed by atoms with Crippen LogP contribution in [-0.4, -0.2) is 56.9 Å². The third-order valence-corrected chi connectivity index (χ3v) is 9.05. The first-order valence-electron chi connectivity index (χ1n) is 9.66. The van der Waals surface area contributed by atoms with Crippen LogP contribution in [0.2, 0.25) is 0 Å². The molecule has 1 saturated heterocycles. The van der Waals surface area contributed by atoms with Crippen LogP contribution in [-0.2, 0) is 24.8 Å². The minimum atomic E-state index is -3.85. The van der Waals surface area contributed by atoms with Gasteiger partial charge < -0.3 is 0 Å². The predicted octanol–water partition coefficient (Wildman–Crippen LogP) is 2.35. The van der Waals surface area contributed by atoms with Crippen LogP contribution in [0.1, 0.15) is 24.5 Å². The zero-order valence-corrected chi connectivity index (χ0v) is 18.9. The lowest BCUT2D eigenvalue weighted by Crippen LogP contribution is -2.56. The van der Waals surface area contributed by atoms with Crippen LogP contribution in [0.5, 0.6) is 0 Å². The molecule has 3 rings (SSSR count). The molecule has 1 unspecified atom stereocenters. The zero-order chi connectivity index (χ0) is 22.1. The van der Waals surface area contributed by atoms with E-state index in [1.54, 1.807) is 36.4 Å². The SMILES string of the molecule is CC(=O)CC1CN(S(=O)(=O)c2ccc(C)cc2)CCN1S(=O)(=O)c1ccc(C)cc1. The average molecular weight is 451 g/mol. The van der Waals surface area contributed by atoms with Crippen LogP contribution in [0.3, 0.4) is 0 Å². The number of rotatable bonds is 6. The van der Waals surface area contributed by atoms with Gasteiger partial charge in [0.2, 0.25) is 20.0 Å². The fraction of sp³-hybridized carbons (Fsp3) is 0.381. The Balaban J connectivity index is 1.91. The molecule has 2 aromatic rings. The van der Waals surface area contributed by atoms with E-state index in [1.807, 2.05) is 13.8 Å². The predicted molar refractivity (Wildman–Crippen MR) is 114 cm³/mol. The highest BCUT2D eigenvalue weighted by Gasteiger charge is 2.40. The summed E-state index contributed by atoms with van der Waals surface area (Å²) in [6.07, 6.45) is -0.0506. The van der Waals surface area contributed by atoms with Gasteiger partial charge in [0.05, 0.1) is 9.79 Å². The number of hydrogen-bond acceptors (Lipinski definition) is 5. The summed E-state index contributed by atoms with van der Waals surface area (Å²) in [5.41, 5.74) is 1.88. The lowest BCUT2D eigenvalue weighted by atomic mass is 10.1. The summed E-state index contributed by atoms with van der Waals surface area (Å²) in [7, 11) is -7.64. The van der Waals surface area contributed by atoms with E-state index in [4.69, 9.17) is 0 Å². The summed E-state index contributed by atoms with van der Waals surface area (Å²) in [5, 5.41) is 0. The Morgan fingerprint density at radius 2 is 1.30 bits per heavy atom. The van der Waals surface area contributed by atoms with Crippen molar-refractivity contribution in [3.8, 4) is 0 Å². The second-order valence-corrected chi connectivity index (χ2v) is 11.5. The van der Waals surface area contributed by atoms with Crippen molar-refractivity contribution < 1.29 is 21.6 Å². The highest BCUT2D eigenvalue weighted by atomic mass is 32.2. The molecule has 162 valence electrons. The minimum Gasteiger partial charge on any atom is -0.300 e. The number of carbonyl (C=O) groups is 1. The molecule has 0 spiro atoms. The Kier molecular flexibility index (Phi) is 6.47. The zero-order valence-electron chi connectivity index (χ0n) is 17.3. The van der Waals surface area contributed by atoms with Gasteiger partial charge in [-0.2, -0.15) is 8.61 Å². The Morgan fingerprint density at radius 3 is 1.77 bits per heavy atom. The van der Waals surface area contributed by atoms with Crippen molar-refractivity contribution in [1.82, 2.24) is 8.61 Å². The quantitative estimate of drug-likeness (QED) is 0.674. The van der Waals surface area contributed by atoms with Gasteiger partial charge in [0.1, 0.15) is 5.78 Å². The largest absolute Gasteiger partial charge is 0.300 e. The van der Waals surface area contributed by atoms with Gasteiger partial charge in [0, 0.05) is 32.1 Å². The molecule has 0 amide bonds. The van der Waals surface area contributed by atoms with E-state index in [-0.39, 0.29) is 41.6 Å². The summed E-state index contributed by atoms with van der Waals surface area (Å²) in [5.74, 6) is -0.196. The topological polar surface area (TPSA) is 91.8 Å². The molecule has 9 heteroatoms. The molecular formula is C21H26N2O5S2. The molecule has 1 atom stereocenters. The Labute approximate surface area is 178 Å². The van der Waals surface area contributed by atoms with Gasteiger partial charge in [-0.15, -0.1) is 0 Å². The van der Waals surface area contributed by atoms with Crippen LogP contribution in [0.4, 0.5) is 0 Å². The van der Waals surface area contributed by atoms with Gasteiger partial charge in [-0.1, -0.05) is 35.4 Å². The maximum Gasteiger partial charge on any atom is 0.243 e. The maximum absolute atomic E-state index is 13.2. The van der Waals surface area contributed by atoms with Crippen molar-refractivity contribution in [3.63, 3.8) is 0 Å². The Morgan fingerprint density at radius 1 is 0.833 bits per heavy atom. The van der Waals surface area contributed by atoms with Crippen LogP contribution in [0.15, 0.2) is 58.3 Å². The Bertz CT molecular complexity index is 1120. The van der Waals surface area contributed by atoms with Crippen molar-refractivity contribution in [1.29, 1.82) is 0 Å².